The molecule has 1 heterocycles. The molecule has 0 aliphatic carbocycles. The summed E-state index contributed by atoms with van der Waals surface area (Å²) in [5.74, 6) is -0.175. The molecule has 1 aliphatic rings. The fourth-order valence-corrected chi connectivity index (χ4v) is 2.27. The molecule has 0 unspecified atom stereocenters. The van der Waals surface area contributed by atoms with Gasteiger partial charge in [0.2, 0.25) is 5.91 Å². The molecule has 20 heavy (non-hydrogen) atoms. The van der Waals surface area contributed by atoms with Gasteiger partial charge in [-0.3, -0.25) is 9.69 Å². The third kappa shape index (κ3) is 4.28. The number of amides is 1. The lowest BCUT2D eigenvalue weighted by molar-refractivity contribution is -0.123. The van der Waals surface area contributed by atoms with Crippen molar-refractivity contribution in [3.05, 3.63) is 35.6 Å². The molecule has 0 atom stereocenters. The summed E-state index contributed by atoms with van der Waals surface area (Å²) in [5, 5.41) is 6.13. The van der Waals surface area contributed by atoms with Gasteiger partial charge in [-0.15, -0.1) is 0 Å². The van der Waals surface area contributed by atoms with Crippen LogP contribution in [0, 0.1) is 5.82 Å². The molecule has 0 spiro atoms. The van der Waals surface area contributed by atoms with E-state index in [4.69, 9.17) is 0 Å². The van der Waals surface area contributed by atoms with Gasteiger partial charge in [0.25, 0.3) is 0 Å². The van der Waals surface area contributed by atoms with E-state index in [-0.39, 0.29) is 11.7 Å². The van der Waals surface area contributed by atoms with Gasteiger partial charge in [0.05, 0.1) is 6.54 Å². The van der Waals surface area contributed by atoms with Crippen molar-refractivity contribution in [2.45, 2.75) is 19.4 Å². The molecule has 1 fully saturated rings. The summed E-state index contributed by atoms with van der Waals surface area (Å²) < 4.78 is 12.8. The number of hydrogen-bond acceptors (Lipinski definition) is 3. The molecule has 4 nitrogen and oxygen atoms in total. The van der Waals surface area contributed by atoms with Crippen molar-refractivity contribution >= 4 is 5.91 Å². The van der Waals surface area contributed by atoms with Crippen molar-refractivity contribution in [2.24, 2.45) is 0 Å². The number of benzene rings is 1. The number of hydrogen-bond donors (Lipinski definition) is 2. The average molecular weight is 279 g/mol. The second-order valence-electron chi connectivity index (χ2n) is 5.10. The lowest BCUT2D eigenvalue weighted by Gasteiger charge is -2.37. The maximum atomic E-state index is 12.8. The van der Waals surface area contributed by atoms with E-state index in [1.165, 1.54) is 12.1 Å². The number of nitrogens with zero attached hydrogens (tertiary/aromatic N) is 1. The summed E-state index contributed by atoms with van der Waals surface area (Å²) in [5.41, 5.74) is 1.03. The molecule has 2 rings (SSSR count). The molecule has 1 aliphatic heterocycles. The second kappa shape index (κ2) is 7.36. The zero-order valence-corrected chi connectivity index (χ0v) is 11.9. The van der Waals surface area contributed by atoms with E-state index in [1.54, 1.807) is 12.1 Å². The standard InChI is InChI=1S/C15H22FN3O/c1-2-19(14-9-17-10-14)11-15(20)18-8-7-12-3-5-13(16)6-4-12/h3-6,14,17H,2,7-11H2,1H3,(H,18,20). The largest absolute Gasteiger partial charge is 0.355 e. The van der Waals surface area contributed by atoms with Crippen LogP contribution in [0.4, 0.5) is 4.39 Å². The van der Waals surface area contributed by atoms with Crippen LogP contribution in [0.15, 0.2) is 24.3 Å². The van der Waals surface area contributed by atoms with Crippen molar-refractivity contribution in [3.63, 3.8) is 0 Å². The summed E-state index contributed by atoms with van der Waals surface area (Å²) in [7, 11) is 0. The van der Waals surface area contributed by atoms with E-state index >= 15 is 0 Å². The minimum Gasteiger partial charge on any atom is -0.355 e. The summed E-state index contributed by atoms with van der Waals surface area (Å²) in [6.07, 6.45) is 0.725. The van der Waals surface area contributed by atoms with Gasteiger partial charge in [0, 0.05) is 25.7 Å². The first-order valence-corrected chi connectivity index (χ1v) is 7.15. The Hall–Kier alpha value is -1.46. The van der Waals surface area contributed by atoms with E-state index in [0.717, 1.165) is 31.6 Å². The second-order valence-corrected chi connectivity index (χ2v) is 5.10. The maximum absolute atomic E-state index is 12.8. The lowest BCUT2D eigenvalue weighted by Crippen LogP contribution is -2.58. The van der Waals surface area contributed by atoms with E-state index in [1.807, 2.05) is 0 Å². The van der Waals surface area contributed by atoms with Crippen molar-refractivity contribution in [1.82, 2.24) is 15.5 Å². The Morgan fingerprint density at radius 2 is 2.10 bits per heavy atom. The lowest BCUT2D eigenvalue weighted by atomic mass is 10.1. The van der Waals surface area contributed by atoms with Crippen molar-refractivity contribution in [1.29, 1.82) is 0 Å². The monoisotopic (exact) mass is 279 g/mol. The van der Waals surface area contributed by atoms with Crippen LogP contribution < -0.4 is 10.6 Å². The molecule has 0 saturated carbocycles. The van der Waals surface area contributed by atoms with E-state index < -0.39 is 0 Å². The summed E-state index contributed by atoms with van der Waals surface area (Å²) in [6.45, 7) is 5.94. The Morgan fingerprint density at radius 3 is 2.65 bits per heavy atom. The highest BCUT2D eigenvalue weighted by atomic mass is 19.1. The smallest absolute Gasteiger partial charge is 0.234 e. The van der Waals surface area contributed by atoms with Crippen molar-refractivity contribution < 1.29 is 9.18 Å². The molecule has 0 radical (unpaired) electrons. The molecule has 0 aromatic heterocycles. The zero-order valence-electron chi connectivity index (χ0n) is 11.9. The van der Waals surface area contributed by atoms with Gasteiger partial charge < -0.3 is 10.6 Å². The molecule has 2 N–H and O–H groups in total. The summed E-state index contributed by atoms with van der Waals surface area (Å²) in [4.78, 5) is 14.1. The Balaban J connectivity index is 1.67. The first-order chi connectivity index (χ1) is 9.69. The third-order valence-corrected chi connectivity index (χ3v) is 3.68. The summed E-state index contributed by atoms with van der Waals surface area (Å²) >= 11 is 0. The fourth-order valence-electron chi connectivity index (χ4n) is 2.27. The Labute approximate surface area is 119 Å². The molecule has 1 aromatic rings. The highest BCUT2D eigenvalue weighted by Crippen LogP contribution is 2.04. The van der Waals surface area contributed by atoms with Gasteiger partial charge in [0.15, 0.2) is 0 Å². The minimum atomic E-state index is -0.231. The van der Waals surface area contributed by atoms with Crippen molar-refractivity contribution in [3.8, 4) is 0 Å². The third-order valence-electron chi connectivity index (χ3n) is 3.68. The normalized spacial score (nSPS) is 15.2. The average Bonchev–Trinajstić information content (AvgIpc) is 2.38. The van der Waals surface area contributed by atoms with Crippen LogP contribution in [0.2, 0.25) is 0 Å². The first-order valence-electron chi connectivity index (χ1n) is 7.15. The molecule has 1 aromatic carbocycles. The van der Waals surface area contributed by atoms with Crippen LogP contribution in [0.1, 0.15) is 12.5 Å². The van der Waals surface area contributed by atoms with Gasteiger partial charge >= 0.3 is 0 Å². The molecule has 110 valence electrons. The van der Waals surface area contributed by atoms with Gasteiger partial charge in [-0.1, -0.05) is 19.1 Å². The molecule has 0 bridgehead atoms. The quantitative estimate of drug-likeness (QED) is 0.775. The highest BCUT2D eigenvalue weighted by Gasteiger charge is 2.24. The molecular weight excluding hydrogens is 257 g/mol. The number of likely N-dealkylation sites (N-methyl/N-ethyl adjacent to an activating group) is 1. The van der Waals surface area contributed by atoms with E-state index in [9.17, 15) is 9.18 Å². The van der Waals surface area contributed by atoms with E-state index in [0.29, 0.717) is 19.1 Å². The SMILES string of the molecule is CCN(CC(=O)NCCc1ccc(F)cc1)C1CNC1. The number of nitrogens with one attached hydrogen (secondary N) is 2. The summed E-state index contributed by atoms with van der Waals surface area (Å²) in [6, 6.07) is 6.88. The Morgan fingerprint density at radius 1 is 1.40 bits per heavy atom. The minimum absolute atomic E-state index is 0.0564. The number of carbonyl (C=O) groups is 1. The molecule has 1 saturated heterocycles. The van der Waals surface area contributed by atoms with Crippen LogP contribution in [-0.4, -0.2) is 49.6 Å². The van der Waals surface area contributed by atoms with Gasteiger partial charge in [-0.05, 0) is 30.7 Å². The predicted octanol–water partition coefficient (Wildman–Crippen LogP) is 0.778. The van der Waals surface area contributed by atoms with Crippen LogP contribution in [0.3, 0.4) is 0 Å². The number of carbonyl (C=O) groups excluding carboxylic acids is 1. The molecule has 1 amide bonds. The number of rotatable bonds is 7. The van der Waals surface area contributed by atoms with Gasteiger partial charge in [-0.25, -0.2) is 4.39 Å². The van der Waals surface area contributed by atoms with E-state index in [2.05, 4.69) is 22.5 Å². The topological polar surface area (TPSA) is 44.4 Å². The molecular formula is C15H22FN3O. The van der Waals surface area contributed by atoms with Crippen molar-refractivity contribution in [2.75, 3.05) is 32.7 Å². The van der Waals surface area contributed by atoms with Gasteiger partial charge in [-0.2, -0.15) is 0 Å². The Kier molecular flexibility index (Phi) is 5.49. The first kappa shape index (κ1) is 14.9. The highest BCUT2D eigenvalue weighted by molar-refractivity contribution is 5.78. The van der Waals surface area contributed by atoms with Crippen LogP contribution in [0.5, 0.6) is 0 Å². The van der Waals surface area contributed by atoms with Gasteiger partial charge in [0.1, 0.15) is 5.82 Å². The maximum Gasteiger partial charge on any atom is 0.234 e. The predicted molar refractivity (Wildman–Crippen MR) is 77.0 cm³/mol. The Bertz CT molecular complexity index is 431. The molecule has 5 heteroatoms. The van der Waals surface area contributed by atoms with Crippen LogP contribution >= 0.6 is 0 Å². The zero-order chi connectivity index (χ0) is 14.4. The van der Waals surface area contributed by atoms with Crippen LogP contribution in [-0.2, 0) is 11.2 Å². The van der Waals surface area contributed by atoms with Crippen LogP contribution in [0.25, 0.3) is 0 Å². The fraction of sp³-hybridized carbons (Fsp3) is 0.533. The number of halogens is 1.